The molecule has 2 atom stereocenters. The van der Waals surface area contributed by atoms with E-state index in [0.29, 0.717) is 38.0 Å². The molecule has 0 unspecified atom stereocenters. The number of likely N-dealkylation sites (tertiary alicyclic amines) is 1. The number of amides is 2. The first kappa shape index (κ1) is 17.5. The summed E-state index contributed by atoms with van der Waals surface area (Å²) in [6.07, 6.45) is 4.18. The van der Waals surface area contributed by atoms with Crippen LogP contribution in [0.25, 0.3) is 0 Å². The summed E-state index contributed by atoms with van der Waals surface area (Å²) in [5, 5.41) is 7.07. The lowest BCUT2D eigenvalue weighted by atomic mass is 9.89. The molecule has 2 aliphatic heterocycles. The number of hydrogen-bond donors (Lipinski definition) is 1. The summed E-state index contributed by atoms with van der Waals surface area (Å²) in [7, 11) is 0. The lowest BCUT2D eigenvalue weighted by molar-refractivity contribution is -0.136. The smallest absolute Gasteiger partial charge is 0.231 e. The van der Waals surface area contributed by atoms with E-state index >= 15 is 0 Å². The number of carbonyl (C=O) groups is 2. The van der Waals surface area contributed by atoms with Gasteiger partial charge in [0, 0.05) is 38.1 Å². The van der Waals surface area contributed by atoms with Gasteiger partial charge in [0.15, 0.2) is 5.82 Å². The minimum atomic E-state index is -0.193. The standard InChI is InChI=1S/C18H26N4O4/c1-11-19-17(26-21-11)14-4-7-22(18(24)13-2-3-13)10-15(14)20-16(23)12-5-8-25-9-6-12/h12-15H,2-10H2,1H3,(H,20,23)/t14-,15+/m0/s1. The largest absolute Gasteiger partial charge is 0.381 e. The average Bonchev–Trinajstić information content (AvgIpc) is 3.43. The molecule has 26 heavy (non-hydrogen) atoms. The summed E-state index contributed by atoms with van der Waals surface area (Å²) in [6.45, 7) is 4.22. The molecule has 2 saturated heterocycles. The van der Waals surface area contributed by atoms with Crippen molar-refractivity contribution in [2.75, 3.05) is 26.3 Å². The van der Waals surface area contributed by atoms with Crippen molar-refractivity contribution in [3.8, 4) is 0 Å². The summed E-state index contributed by atoms with van der Waals surface area (Å²) in [5.74, 6) is 1.51. The van der Waals surface area contributed by atoms with Gasteiger partial charge in [-0.15, -0.1) is 0 Å². The molecule has 4 rings (SSSR count). The first-order valence-corrected chi connectivity index (χ1v) is 9.59. The Bertz CT molecular complexity index is 666. The van der Waals surface area contributed by atoms with E-state index in [1.54, 1.807) is 6.92 Å². The van der Waals surface area contributed by atoms with Crippen LogP contribution in [0.3, 0.4) is 0 Å². The van der Waals surface area contributed by atoms with Gasteiger partial charge in [-0.1, -0.05) is 5.16 Å². The van der Waals surface area contributed by atoms with Gasteiger partial charge in [-0.3, -0.25) is 9.59 Å². The number of carbonyl (C=O) groups excluding carboxylic acids is 2. The van der Waals surface area contributed by atoms with Crippen LogP contribution in [0.4, 0.5) is 0 Å². The first-order valence-electron chi connectivity index (χ1n) is 9.59. The molecular weight excluding hydrogens is 336 g/mol. The topological polar surface area (TPSA) is 97.6 Å². The van der Waals surface area contributed by atoms with Crippen LogP contribution in [0, 0.1) is 18.8 Å². The molecule has 1 N–H and O–H groups in total. The van der Waals surface area contributed by atoms with Crippen molar-refractivity contribution in [2.24, 2.45) is 11.8 Å². The van der Waals surface area contributed by atoms with Gasteiger partial charge in [-0.2, -0.15) is 4.98 Å². The number of rotatable bonds is 4. The highest BCUT2D eigenvalue weighted by Crippen LogP contribution is 2.34. The maximum Gasteiger partial charge on any atom is 0.231 e. The minimum absolute atomic E-state index is 0.0247. The summed E-state index contributed by atoms with van der Waals surface area (Å²) in [5.41, 5.74) is 0. The summed E-state index contributed by atoms with van der Waals surface area (Å²) < 4.78 is 10.7. The monoisotopic (exact) mass is 362 g/mol. The van der Waals surface area contributed by atoms with Crippen LogP contribution in [0.15, 0.2) is 4.52 Å². The molecule has 0 bridgehead atoms. The lowest BCUT2D eigenvalue weighted by Crippen LogP contribution is -2.54. The van der Waals surface area contributed by atoms with Crippen molar-refractivity contribution in [3.63, 3.8) is 0 Å². The van der Waals surface area contributed by atoms with E-state index in [1.165, 1.54) is 0 Å². The van der Waals surface area contributed by atoms with Crippen LogP contribution < -0.4 is 5.32 Å². The van der Waals surface area contributed by atoms with Gasteiger partial charge in [0.1, 0.15) is 0 Å². The molecule has 1 aromatic heterocycles. The molecule has 2 amide bonds. The number of hydrogen-bond acceptors (Lipinski definition) is 6. The average molecular weight is 362 g/mol. The van der Waals surface area contributed by atoms with Crippen LogP contribution in [-0.4, -0.2) is 59.2 Å². The van der Waals surface area contributed by atoms with Gasteiger partial charge in [-0.05, 0) is 39.0 Å². The van der Waals surface area contributed by atoms with Crippen LogP contribution >= 0.6 is 0 Å². The Morgan fingerprint density at radius 1 is 1.12 bits per heavy atom. The van der Waals surface area contributed by atoms with Crippen molar-refractivity contribution in [1.29, 1.82) is 0 Å². The first-order chi connectivity index (χ1) is 12.6. The van der Waals surface area contributed by atoms with E-state index in [9.17, 15) is 9.59 Å². The molecule has 3 aliphatic rings. The second-order valence-corrected chi connectivity index (χ2v) is 7.64. The van der Waals surface area contributed by atoms with Gasteiger partial charge in [0.2, 0.25) is 17.7 Å². The van der Waals surface area contributed by atoms with Gasteiger partial charge in [-0.25, -0.2) is 0 Å². The Kier molecular flexibility index (Phi) is 4.93. The summed E-state index contributed by atoms with van der Waals surface area (Å²) in [4.78, 5) is 31.5. The summed E-state index contributed by atoms with van der Waals surface area (Å²) >= 11 is 0. The van der Waals surface area contributed by atoms with Crippen molar-refractivity contribution < 1.29 is 18.8 Å². The highest BCUT2D eigenvalue weighted by Gasteiger charge is 2.41. The molecule has 0 spiro atoms. The van der Waals surface area contributed by atoms with Crippen molar-refractivity contribution in [3.05, 3.63) is 11.7 Å². The Hall–Kier alpha value is -1.96. The number of piperidine rings is 1. The lowest BCUT2D eigenvalue weighted by Gasteiger charge is -2.38. The van der Waals surface area contributed by atoms with E-state index in [4.69, 9.17) is 9.26 Å². The third-order valence-electron chi connectivity index (χ3n) is 5.63. The molecule has 8 heteroatoms. The SMILES string of the molecule is Cc1noc([C@H]2CCN(C(=O)C3CC3)C[C@H]2NC(=O)C2CCOCC2)n1. The highest BCUT2D eigenvalue weighted by molar-refractivity contribution is 5.82. The molecule has 0 radical (unpaired) electrons. The van der Waals surface area contributed by atoms with Crippen molar-refractivity contribution >= 4 is 11.8 Å². The normalized spacial score (nSPS) is 27.3. The second-order valence-electron chi connectivity index (χ2n) is 7.64. The van der Waals surface area contributed by atoms with Gasteiger partial charge >= 0.3 is 0 Å². The van der Waals surface area contributed by atoms with Crippen molar-refractivity contribution in [1.82, 2.24) is 20.4 Å². The Labute approximate surface area is 152 Å². The maximum absolute atomic E-state index is 12.7. The molecule has 1 aromatic rings. The van der Waals surface area contributed by atoms with E-state index in [-0.39, 0.29) is 35.6 Å². The second kappa shape index (κ2) is 7.34. The number of aryl methyl sites for hydroxylation is 1. The molecule has 0 aromatic carbocycles. The molecule has 8 nitrogen and oxygen atoms in total. The van der Waals surface area contributed by atoms with Gasteiger partial charge < -0.3 is 19.5 Å². The van der Waals surface area contributed by atoms with E-state index in [1.807, 2.05) is 4.90 Å². The molecule has 1 aliphatic carbocycles. The van der Waals surface area contributed by atoms with E-state index in [0.717, 1.165) is 32.1 Å². The zero-order chi connectivity index (χ0) is 18.1. The molecular formula is C18H26N4O4. The summed E-state index contributed by atoms with van der Waals surface area (Å²) in [6, 6.07) is -0.193. The number of ether oxygens (including phenoxy) is 1. The highest BCUT2D eigenvalue weighted by atomic mass is 16.5. The molecule has 3 heterocycles. The third kappa shape index (κ3) is 3.75. The van der Waals surface area contributed by atoms with E-state index in [2.05, 4.69) is 15.5 Å². The maximum atomic E-state index is 12.7. The van der Waals surface area contributed by atoms with Gasteiger partial charge in [0.25, 0.3) is 0 Å². The minimum Gasteiger partial charge on any atom is -0.381 e. The fraction of sp³-hybridized carbons (Fsp3) is 0.778. The molecule has 3 fully saturated rings. The number of aromatic nitrogens is 2. The Balaban J connectivity index is 1.47. The fourth-order valence-corrected chi connectivity index (χ4v) is 3.91. The number of nitrogens with one attached hydrogen (secondary N) is 1. The molecule has 142 valence electrons. The van der Waals surface area contributed by atoms with Crippen LogP contribution in [0.2, 0.25) is 0 Å². The van der Waals surface area contributed by atoms with Crippen LogP contribution in [0.5, 0.6) is 0 Å². The number of nitrogens with zero attached hydrogens (tertiary/aromatic N) is 3. The quantitative estimate of drug-likeness (QED) is 0.859. The molecule has 1 saturated carbocycles. The van der Waals surface area contributed by atoms with Crippen molar-refractivity contribution in [2.45, 2.75) is 51.0 Å². The predicted molar refractivity (Wildman–Crippen MR) is 91.2 cm³/mol. The van der Waals surface area contributed by atoms with E-state index < -0.39 is 0 Å². The Morgan fingerprint density at radius 3 is 2.54 bits per heavy atom. The van der Waals surface area contributed by atoms with Crippen LogP contribution in [0.1, 0.15) is 49.7 Å². The van der Waals surface area contributed by atoms with Crippen LogP contribution in [-0.2, 0) is 14.3 Å². The third-order valence-corrected chi connectivity index (χ3v) is 5.63. The zero-order valence-corrected chi connectivity index (χ0v) is 15.1. The fourth-order valence-electron chi connectivity index (χ4n) is 3.91. The van der Waals surface area contributed by atoms with Gasteiger partial charge in [0.05, 0.1) is 12.0 Å². The predicted octanol–water partition coefficient (Wildman–Crippen LogP) is 1.02. The zero-order valence-electron chi connectivity index (χ0n) is 15.1. The Morgan fingerprint density at radius 2 is 1.88 bits per heavy atom.